The summed E-state index contributed by atoms with van der Waals surface area (Å²) in [5.41, 5.74) is 1.24. The molecule has 7 heteroatoms. The van der Waals surface area contributed by atoms with E-state index in [2.05, 4.69) is 10.5 Å². The molecule has 0 aliphatic rings. The van der Waals surface area contributed by atoms with Crippen molar-refractivity contribution in [2.45, 2.75) is 13.0 Å². The van der Waals surface area contributed by atoms with Crippen molar-refractivity contribution in [1.29, 1.82) is 0 Å². The van der Waals surface area contributed by atoms with Crippen LogP contribution >= 0.6 is 11.6 Å². The summed E-state index contributed by atoms with van der Waals surface area (Å²) in [5.74, 6) is -1.49. The molecule has 0 atom stereocenters. The van der Waals surface area contributed by atoms with E-state index in [1.807, 2.05) is 0 Å². The first-order valence-corrected chi connectivity index (χ1v) is 7.82. The summed E-state index contributed by atoms with van der Waals surface area (Å²) in [5, 5.41) is 6.99. The van der Waals surface area contributed by atoms with Crippen LogP contribution in [0.1, 0.15) is 11.3 Å². The number of rotatable bonds is 5. The van der Waals surface area contributed by atoms with Crippen molar-refractivity contribution >= 4 is 17.5 Å². The van der Waals surface area contributed by atoms with Crippen LogP contribution in [0.25, 0.3) is 11.3 Å². The molecule has 0 aliphatic carbocycles. The van der Waals surface area contributed by atoms with Crippen LogP contribution in [-0.2, 0) is 17.8 Å². The molecule has 1 N–H and O–H groups in total. The Morgan fingerprint density at radius 2 is 1.96 bits per heavy atom. The summed E-state index contributed by atoms with van der Waals surface area (Å²) in [6.07, 6.45) is 0.136. The molecule has 0 saturated carbocycles. The lowest BCUT2D eigenvalue weighted by Crippen LogP contribution is -2.24. The highest BCUT2D eigenvalue weighted by atomic mass is 35.5. The molecule has 3 rings (SSSR count). The molecule has 1 heterocycles. The number of halogens is 3. The molecule has 1 aromatic heterocycles. The van der Waals surface area contributed by atoms with E-state index in [-0.39, 0.29) is 30.2 Å². The first-order chi connectivity index (χ1) is 12.0. The van der Waals surface area contributed by atoms with Gasteiger partial charge in [-0.25, -0.2) is 8.78 Å². The van der Waals surface area contributed by atoms with Crippen molar-refractivity contribution in [2.24, 2.45) is 0 Å². The van der Waals surface area contributed by atoms with Gasteiger partial charge in [-0.05, 0) is 23.8 Å². The van der Waals surface area contributed by atoms with E-state index in [1.54, 1.807) is 24.3 Å². The van der Waals surface area contributed by atoms with Gasteiger partial charge in [0.1, 0.15) is 17.3 Å². The predicted molar refractivity (Wildman–Crippen MR) is 88.9 cm³/mol. The fourth-order valence-electron chi connectivity index (χ4n) is 2.28. The number of nitrogens with zero attached hydrogens (tertiary/aromatic N) is 1. The molecule has 0 spiro atoms. The number of hydrogen-bond donors (Lipinski definition) is 1. The van der Waals surface area contributed by atoms with Gasteiger partial charge in [-0.3, -0.25) is 4.79 Å². The minimum Gasteiger partial charge on any atom is -0.356 e. The average molecular weight is 363 g/mol. The van der Waals surface area contributed by atoms with Crippen molar-refractivity contribution < 1.29 is 18.1 Å². The number of hydrogen-bond acceptors (Lipinski definition) is 3. The molecule has 0 radical (unpaired) electrons. The summed E-state index contributed by atoms with van der Waals surface area (Å²) >= 11 is 6.01. The monoisotopic (exact) mass is 362 g/mol. The Hall–Kier alpha value is -2.73. The topological polar surface area (TPSA) is 55.1 Å². The van der Waals surface area contributed by atoms with E-state index >= 15 is 0 Å². The highest BCUT2D eigenvalue weighted by Crippen LogP contribution is 2.24. The van der Waals surface area contributed by atoms with Crippen molar-refractivity contribution in [3.8, 4) is 11.3 Å². The van der Waals surface area contributed by atoms with Crippen LogP contribution in [-0.4, -0.2) is 11.1 Å². The Balaban J connectivity index is 1.62. The number of amides is 1. The van der Waals surface area contributed by atoms with Gasteiger partial charge in [0.05, 0.1) is 18.5 Å². The zero-order valence-corrected chi connectivity index (χ0v) is 13.7. The summed E-state index contributed by atoms with van der Waals surface area (Å²) < 4.78 is 31.7. The molecule has 4 nitrogen and oxygen atoms in total. The highest BCUT2D eigenvalue weighted by Gasteiger charge is 2.13. The highest BCUT2D eigenvalue weighted by molar-refractivity contribution is 6.31. The molecule has 25 heavy (non-hydrogen) atoms. The van der Waals surface area contributed by atoms with Crippen LogP contribution in [0, 0.1) is 11.6 Å². The second-order valence-corrected chi connectivity index (χ2v) is 5.76. The quantitative estimate of drug-likeness (QED) is 0.742. The largest absolute Gasteiger partial charge is 0.356 e. The Morgan fingerprint density at radius 1 is 1.16 bits per heavy atom. The van der Waals surface area contributed by atoms with Crippen LogP contribution in [0.15, 0.2) is 53.1 Å². The van der Waals surface area contributed by atoms with E-state index in [9.17, 15) is 13.6 Å². The molecule has 0 unspecified atom stereocenters. The lowest BCUT2D eigenvalue weighted by molar-refractivity contribution is -0.120. The Labute approximate surface area is 147 Å². The maximum Gasteiger partial charge on any atom is 0.224 e. The lowest BCUT2D eigenvalue weighted by Gasteiger charge is -2.04. The Kier molecular flexibility index (Phi) is 5.09. The minimum absolute atomic E-state index is 0.0996. The smallest absolute Gasteiger partial charge is 0.224 e. The van der Waals surface area contributed by atoms with Gasteiger partial charge < -0.3 is 9.84 Å². The number of aromatic nitrogens is 1. The Bertz CT molecular complexity index is 912. The third-order valence-electron chi connectivity index (χ3n) is 3.53. The van der Waals surface area contributed by atoms with E-state index < -0.39 is 11.6 Å². The molecule has 2 aromatic carbocycles. The van der Waals surface area contributed by atoms with Crippen LogP contribution < -0.4 is 5.32 Å². The minimum atomic E-state index is -0.745. The normalized spacial score (nSPS) is 10.7. The van der Waals surface area contributed by atoms with E-state index in [4.69, 9.17) is 16.1 Å². The molecule has 1 amide bonds. The summed E-state index contributed by atoms with van der Waals surface area (Å²) in [6, 6.07) is 11.7. The molecule has 0 aliphatic heterocycles. The maximum absolute atomic E-state index is 13.7. The molecule has 0 saturated heterocycles. The van der Waals surface area contributed by atoms with E-state index in [0.717, 1.165) is 17.7 Å². The molecular weight excluding hydrogens is 350 g/mol. The SMILES string of the molecule is O=C(Cc1ccccc1Cl)NCc1cc(-c2ccc(F)cc2F)on1. The molecule has 0 fully saturated rings. The van der Waals surface area contributed by atoms with Crippen LogP contribution in [0.2, 0.25) is 5.02 Å². The van der Waals surface area contributed by atoms with Gasteiger partial charge in [0.25, 0.3) is 0 Å². The summed E-state index contributed by atoms with van der Waals surface area (Å²) in [7, 11) is 0. The number of nitrogens with one attached hydrogen (secondary N) is 1. The van der Waals surface area contributed by atoms with Crippen molar-refractivity contribution in [1.82, 2.24) is 10.5 Å². The van der Waals surface area contributed by atoms with E-state index in [0.29, 0.717) is 10.7 Å². The van der Waals surface area contributed by atoms with Gasteiger partial charge in [0, 0.05) is 17.2 Å². The van der Waals surface area contributed by atoms with Gasteiger partial charge in [0.2, 0.25) is 5.91 Å². The first kappa shape index (κ1) is 17.1. The zero-order valence-electron chi connectivity index (χ0n) is 12.9. The fraction of sp³-hybridized carbons (Fsp3) is 0.111. The third kappa shape index (κ3) is 4.22. The molecular formula is C18H13ClF2N2O2. The zero-order chi connectivity index (χ0) is 17.8. The van der Waals surface area contributed by atoms with Gasteiger partial charge in [-0.2, -0.15) is 0 Å². The van der Waals surface area contributed by atoms with Gasteiger partial charge in [-0.15, -0.1) is 0 Å². The van der Waals surface area contributed by atoms with Crippen molar-refractivity contribution in [2.75, 3.05) is 0 Å². The van der Waals surface area contributed by atoms with E-state index in [1.165, 1.54) is 12.1 Å². The van der Waals surface area contributed by atoms with Gasteiger partial charge >= 0.3 is 0 Å². The van der Waals surface area contributed by atoms with Crippen LogP contribution in [0.5, 0.6) is 0 Å². The predicted octanol–water partition coefficient (Wildman–Crippen LogP) is 4.13. The maximum atomic E-state index is 13.7. The summed E-state index contributed by atoms with van der Waals surface area (Å²) in [4.78, 5) is 12.0. The van der Waals surface area contributed by atoms with Crippen LogP contribution in [0.3, 0.4) is 0 Å². The standard InChI is InChI=1S/C18H13ClF2N2O2/c19-15-4-2-1-3-11(15)7-18(24)22-10-13-9-17(25-23-13)14-6-5-12(20)8-16(14)21/h1-6,8-9H,7,10H2,(H,22,24). The van der Waals surface area contributed by atoms with Crippen LogP contribution in [0.4, 0.5) is 8.78 Å². The molecule has 128 valence electrons. The molecule has 0 bridgehead atoms. The number of carbonyl (C=O) groups is 1. The van der Waals surface area contributed by atoms with Gasteiger partial charge in [0.15, 0.2) is 5.76 Å². The Morgan fingerprint density at radius 3 is 2.72 bits per heavy atom. The van der Waals surface area contributed by atoms with Crippen molar-refractivity contribution in [3.63, 3.8) is 0 Å². The van der Waals surface area contributed by atoms with Crippen molar-refractivity contribution in [3.05, 3.63) is 76.4 Å². The van der Waals surface area contributed by atoms with Gasteiger partial charge in [-0.1, -0.05) is 35.0 Å². The second kappa shape index (κ2) is 7.44. The first-order valence-electron chi connectivity index (χ1n) is 7.44. The second-order valence-electron chi connectivity index (χ2n) is 5.35. The fourth-order valence-corrected chi connectivity index (χ4v) is 2.48. The molecule has 3 aromatic rings. The lowest BCUT2D eigenvalue weighted by atomic mass is 10.1. The number of benzene rings is 2. The number of carbonyl (C=O) groups excluding carboxylic acids is 1. The summed E-state index contributed by atoms with van der Waals surface area (Å²) in [6.45, 7) is 0.121. The third-order valence-corrected chi connectivity index (χ3v) is 3.90. The average Bonchev–Trinajstić information content (AvgIpc) is 3.04.